The molecule has 17 unspecified atom stereocenters. The number of rotatable bonds is 70. The van der Waals surface area contributed by atoms with E-state index in [4.69, 9.17) is 28.4 Å². The zero-order valence-electron chi connectivity index (χ0n) is 66.7. The van der Waals surface area contributed by atoms with Crippen LogP contribution in [-0.4, -0.2) is 193 Å². The Morgan fingerprint density at radius 2 is 0.651 bits per heavy atom. The van der Waals surface area contributed by atoms with E-state index >= 15 is 0 Å². The molecule has 17 atom stereocenters. The third-order valence-corrected chi connectivity index (χ3v) is 21.6. The molecule has 19 nitrogen and oxygen atoms in total. The Labute approximate surface area is 643 Å². The van der Waals surface area contributed by atoms with Crippen LogP contribution in [0.25, 0.3) is 0 Å². The largest absolute Gasteiger partial charge is 0.394 e. The molecule has 3 fully saturated rings. The fourth-order valence-electron chi connectivity index (χ4n) is 14.7. The fraction of sp³-hybridized carbons (Fsp3) is 0.874. The molecule has 0 aromatic rings. The van der Waals surface area contributed by atoms with E-state index in [1.165, 1.54) is 244 Å². The van der Waals surface area contributed by atoms with Crippen molar-refractivity contribution in [3.05, 3.63) is 60.8 Å². The Bertz CT molecular complexity index is 2150. The summed E-state index contributed by atoms with van der Waals surface area (Å²) in [6.45, 7) is 1.74. The first-order chi connectivity index (χ1) is 51.8. The van der Waals surface area contributed by atoms with Crippen LogP contribution in [0.4, 0.5) is 0 Å². The van der Waals surface area contributed by atoms with Gasteiger partial charge >= 0.3 is 0 Å². The van der Waals surface area contributed by atoms with Crippen molar-refractivity contribution in [3.63, 3.8) is 0 Å². The van der Waals surface area contributed by atoms with Crippen LogP contribution in [0.2, 0.25) is 0 Å². The Hall–Kier alpha value is -2.51. The van der Waals surface area contributed by atoms with Crippen molar-refractivity contribution < 1.29 is 89.4 Å². The van der Waals surface area contributed by atoms with Gasteiger partial charge in [-0.25, -0.2) is 0 Å². The maximum absolute atomic E-state index is 13.5. The molecule has 3 rings (SSSR count). The van der Waals surface area contributed by atoms with Gasteiger partial charge in [-0.05, 0) is 57.8 Å². The average Bonchev–Trinajstić information content (AvgIpc) is 0.780. The van der Waals surface area contributed by atoms with E-state index in [0.29, 0.717) is 12.8 Å². The molecule has 12 N–H and O–H groups in total. The van der Waals surface area contributed by atoms with Gasteiger partial charge in [0.1, 0.15) is 73.2 Å². The zero-order valence-corrected chi connectivity index (χ0v) is 66.7. The van der Waals surface area contributed by atoms with E-state index < -0.39 is 124 Å². The number of aliphatic hydroxyl groups excluding tert-OH is 11. The van der Waals surface area contributed by atoms with E-state index in [9.17, 15) is 61.0 Å². The van der Waals surface area contributed by atoms with Gasteiger partial charge in [0.15, 0.2) is 18.9 Å². The zero-order chi connectivity index (χ0) is 76.7. The van der Waals surface area contributed by atoms with Crippen molar-refractivity contribution in [1.29, 1.82) is 0 Å². The number of ether oxygens (including phenoxy) is 6. The summed E-state index contributed by atoms with van der Waals surface area (Å²) < 4.78 is 34.6. The summed E-state index contributed by atoms with van der Waals surface area (Å²) in [5.74, 6) is -0.236. The predicted octanol–water partition coefficient (Wildman–Crippen LogP) is 15.8. The Morgan fingerprint density at radius 3 is 1.02 bits per heavy atom. The highest BCUT2D eigenvalue weighted by molar-refractivity contribution is 5.76. The minimum atomic E-state index is -1.97. The van der Waals surface area contributed by atoms with Gasteiger partial charge in [-0.2, -0.15) is 0 Å². The van der Waals surface area contributed by atoms with Crippen LogP contribution in [0, 0.1) is 0 Å². The third-order valence-electron chi connectivity index (χ3n) is 21.6. The molecule has 620 valence electrons. The lowest BCUT2D eigenvalue weighted by atomic mass is 9.96. The normalized spacial score (nSPS) is 25.9. The molecule has 0 saturated carbocycles. The summed E-state index contributed by atoms with van der Waals surface area (Å²) in [7, 11) is 0. The van der Waals surface area contributed by atoms with E-state index in [-0.39, 0.29) is 18.9 Å². The van der Waals surface area contributed by atoms with Crippen molar-refractivity contribution in [3.8, 4) is 0 Å². The lowest BCUT2D eigenvalue weighted by Gasteiger charge is -2.48. The second-order valence-corrected chi connectivity index (χ2v) is 31.0. The fourth-order valence-corrected chi connectivity index (χ4v) is 14.7. The number of hydrogen-bond acceptors (Lipinski definition) is 18. The molecule has 0 aromatic carbocycles. The number of unbranched alkanes of at least 4 members (excludes halogenated alkanes) is 44. The number of nitrogens with one attached hydrogen (secondary N) is 1. The highest BCUT2D eigenvalue weighted by atomic mass is 16.8. The van der Waals surface area contributed by atoms with Crippen LogP contribution in [-0.2, 0) is 33.2 Å². The first kappa shape index (κ1) is 97.7. The summed E-state index contributed by atoms with van der Waals surface area (Å²) in [6, 6.07) is -0.887. The van der Waals surface area contributed by atoms with Crippen molar-refractivity contribution >= 4 is 5.91 Å². The Morgan fingerprint density at radius 1 is 0.349 bits per heavy atom. The molecule has 3 aliphatic rings. The standard InChI is InChI=1S/C87H159NO18/c1-3-5-7-9-11-13-15-17-19-21-23-25-26-27-28-29-30-31-32-33-34-35-36-37-38-39-40-41-42-43-44-45-47-49-51-53-55-57-59-61-63-65-75(93)88-70(71(92)64-62-60-58-56-54-52-50-48-46-24-22-20-18-16-14-12-10-8-6-4-2)69-101-85-81(99)78(96)83(73(67-90)103-85)106-87-82(100)79(97)84(74(68-91)104-87)105-86-80(98)77(95)76(94)72(66-89)102-86/h5,7,11,13,17,19,23,25,27-28,70-74,76-87,89-92,94-100H,3-4,6,8-10,12,14-16,18,20-22,24,26,29-69H2,1-2H3,(H,88,93)/b7-5-,13-11-,19-17-,25-23-,28-27-. The van der Waals surface area contributed by atoms with Gasteiger partial charge in [0, 0.05) is 6.42 Å². The molecule has 19 heteroatoms. The van der Waals surface area contributed by atoms with Crippen LogP contribution in [0.1, 0.15) is 354 Å². The Balaban J connectivity index is 1.28. The van der Waals surface area contributed by atoms with Crippen LogP contribution in [0.5, 0.6) is 0 Å². The number of hydrogen-bond donors (Lipinski definition) is 12. The average molecular weight is 1510 g/mol. The summed E-state index contributed by atoms with van der Waals surface area (Å²) in [5, 5.41) is 121. The van der Waals surface area contributed by atoms with E-state index in [2.05, 4.69) is 79.9 Å². The number of carbonyl (C=O) groups excluding carboxylic acids is 1. The number of aliphatic hydroxyl groups is 11. The molecule has 106 heavy (non-hydrogen) atoms. The number of allylic oxidation sites excluding steroid dienone is 10. The monoisotopic (exact) mass is 1510 g/mol. The highest BCUT2D eigenvalue weighted by Gasteiger charge is 2.54. The summed E-state index contributed by atoms with van der Waals surface area (Å²) >= 11 is 0. The molecule has 3 aliphatic heterocycles. The van der Waals surface area contributed by atoms with Crippen LogP contribution in [0.15, 0.2) is 60.8 Å². The topological polar surface area (TPSA) is 307 Å². The lowest BCUT2D eigenvalue weighted by molar-refractivity contribution is -0.379. The van der Waals surface area contributed by atoms with Crippen molar-refractivity contribution in [2.45, 2.75) is 458 Å². The van der Waals surface area contributed by atoms with Gasteiger partial charge in [-0.15, -0.1) is 0 Å². The first-order valence-corrected chi connectivity index (χ1v) is 43.5. The van der Waals surface area contributed by atoms with E-state index in [0.717, 1.165) is 77.0 Å². The lowest BCUT2D eigenvalue weighted by Crippen LogP contribution is -2.66. The van der Waals surface area contributed by atoms with Gasteiger partial charge in [0.05, 0.1) is 38.6 Å². The van der Waals surface area contributed by atoms with Crippen LogP contribution >= 0.6 is 0 Å². The third kappa shape index (κ3) is 45.9. The van der Waals surface area contributed by atoms with Gasteiger partial charge in [0.25, 0.3) is 0 Å². The number of carbonyl (C=O) groups is 1. The molecule has 0 radical (unpaired) electrons. The van der Waals surface area contributed by atoms with E-state index in [1.807, 2.05) is 0 Å². The minimum Gasteiger partial charge on any atom is -0.394 e. The molecular weight excluding hydrogens is 1350 g/mol. The smallest absolute Gasteiger partial charge is 0.220 e. The SMILES string of the molecule is CC/C=C\C/C=C\C/C=C\C/C=C\C/C=C\CCCCCCCCCCCCCCCCCCCCCCCCCCCC(=O)NC(COC1OC(CO)C(OC2OC(CO)C(OC3OC(CO)C(O)C(O)C3O)C(O)C2O)C(O)C1O)C(O)CCCCCCCCCCCCCCCCCCCCCC. The summed E-state index contributed by atoms with van der Waals surface area (Å²) in [4.78, 5) is 13.5. The van der Waals surface area contributed by atoms with Crippen molar-refractivity contribution in [1.82, 2.24) is 5.32 Å². The van der Waals surface area contributed by atoms with Crippen LogP contribution < -0.4 is 5.32 Å². The highest BCUT2D eigenvalue weighted by Crippen LogP contribution is 2.34. The van der Waals surface area contributed by atoms with Crippen molar-refractivity contribution in [2.24, 2.45) is 0 Å². The molecule has 0 bridgehead atoms. The maximum atomic E-state index is 13.5. The molecule has 3 saturated heterocycles. The van der Waals surface area contributed by atoms with E-state index in [1.54, 1.807) is 0 Å². The van der Waals surface area contributed by atoms with Gasteiger partial charge < -0.3 is 89.9 Å². The molecular formula is C87H159NO18. The molecule has 0 aromatic heterocycles. The first-order valence-electron chi connectivity index (χ1n) is 43.5. The number of amides is 1. The van der Waals surface area contributed by atoms with Crippen LogP contribution in [0.3, 0.4) is 0 Å². The van der Waals surface area contributed by atoms with Crippen molar-refractivity contribution in [2.75, 3.05) is 26.4 Å². The van der Waals surface area contributed by atoms with Gasteiger partial charge in [-0.3, -0.25) is 4.79 Å². The maximum Gasteiger partial charge on any atom is 0.220 e. The molecule has 0 aliphatic carbocycles. The summed E-state index contributed by atoms with van der Waals surface area (Å²) in [5.41, 5.74) is 0. The van der Waals surface area contributed by atoms with Gasteiger partial charge in [-0.1, -0.05) is 351 Å². The molecule has 0 spiro atoms. The quantitative estimate of drug-likeness (QED) is 0.0199. The summed E-state index contributed by atoms with van der Waals surface area (Å²) in [6.07, 6.45) is 60.5. The second-order valence-electron chi connectivity index (χ2n) is 31.0. The molecule has 3 heterocycles. The Kier molecular flexibility index (Phi) is 61.8. The predicted molar refractivity (Wildman–Crippen MR) is 425 cm³/mol. The van der Waals surface area contributed by atoms with Gasteiger partial charge in [0.2, 0.25) is 5.91 Å². The minimum absolute atomic E-state index is 0.236. The molecule has 1 amide bonds. The second kappa shape index (κ2) is 67.0.